The highest BCUT2D eigenvalue weighted by atomic mass is 32.2. The summed E-state index contributed by atoms with van der Waals surface area (Å²) in [5.41, 5.74) is 1.50. The van der Waals surface area contributed by atoms with Crippen molar-refractivity contribution >= 4 is 49.3 Å². The largest absolute Gasteiger partial charge is 0.480 e. The Labute approximate surface area is 248 Å². The van der Waals surface area contributed by atoms with Crippen LogP contribution in [0.25, 0.3) is 10.2 Å². The van der Waals surface area contributed by atoms with Gasteiger partial charge in [-0.05, 0) is 36.1 Å². The van der Waals surface area contributed by atoms with Crippen LogP contribution < -0.4 is 0 Å². The van der Waals surface area contributed by atoms with Crippen LogP contribution in [-0.2, 0) is 21.4 Å². The number of unbranched alkanes of at least 4 members (excludes halogenated alkanes) is 9. The van der Waals surface area contributed by atoms with Crippen LogP contribution in [0.4, 0.5) is 0 Å². The molecular weight excluding hydrogens is 561 g/mol. The molecule has 0 amide bonds. The van der Waals surface area contributed by atoms with E-state index in [0.717, 1.165) is 36.6 Å². The Kier molecular flexibility index (Phi) is 13.4. The van der Waals surface area contributed by atoms with E-state index in [9.17, 15) is 18.3 Å². The number of nitrogens with zero attached hydrogens (tertiary/aromatic N) is 2. The zero-order chi connectivity index (χ0) is 29.0. The Morgan fingerprint density at radius 3 is 2.17 bits per heavy atom. The summed E-state index contributed by atoms with van der Waals surface area (Å²) >= 11 is 3.23. The van der Waals surface area contributed by atoms with Gasteiger partial charge in [0.2, 0.25) is 10.0 Å². The van der Waals surface area contributed by atoms with Crippen molar-refractivity contribution < 1.29 is 18.3 Å². The zero-order valence-electron chi connectivity index (χ0n) is 24.0. The molecule has 2 aromatic carbocycles. The molecule has 0 aliphatic carbocycles. The van der Waals surface area contributed by atoms with Gasteiger partial charge >= 0.3 is 5.97 Å². The SMILES string of the molecule is CCCCCCCCCCCCSc1nc2ccc(S(=O)(=O)N(Cc3ccccc3)[C@@H](C(=O)O)C(C)C)cc2s1. The molecule has 0 fully saturated rings. The molecule has 3 aromatic rings. The van der Waals surface area contributed by atoms with Gasteiger partial charge in [0, 0.05) is 12.3 Å². The molecule has 1 N–H and O–H groups in total. The molecule has 0 aliphatic heterocycles. The lowest BCUT2D eigenvalue weighted by Gasteiger charge is -2.30. The Hall–Kier alpha value is -1.94. The Balaban J connectivity index is 1.63. The van der Waals surface area contributed by atoms with Gasteiger partial charge in [0.1, 0.15) is 6.04 Å². The van der Waals surface area contributed by atoms with E-state index in [-0.39, 0.29) is 11.4 Å². The number of carbonyl (C=O) groups is 1. The number of hydrogen-bond donors (Lipinski definition) is 1. The van der Waals surface area contributed by atoms with Crippen molar-refractivity contribution in [3.63, 3.8) is 0 Å². The lowest BCUT2D eigenvalue weighted by Crippen LogP contribution is -2.47. The zero-order valence-corrected chi connectivity index (χ0v) is 26.5. The van der Waals surface area contributed by atoms with Crippen LogP contribution in [0.1, 0.15) is 90.5 Å². The van der Waals surface area contributed by atoms with Crippen molar-refractivity contribution in [2.45, 2.75) is 107 Å². The van der Waals surface area contributed by atoms with Crippen LogP contribution >= 0.6 is 23.1 Å². The average molecular weight is 605 g/mol. The van der Waals surface area contributed by atoms with Crippen molar-refractivity contribution in [1.82, 2.24) is 9.29 Å². The first-order valence-corrected chi connectivity index (χ1v) is 17.8. The summed E-state index contributed by atoms with van der Waals surface area (Å²) in [6.45, 7) is 5.70. The van der Waals surface area contributed by atoms with E-state index in [1.54, 1.807) is 43.8 Å². The predicted octanol–water partition coefficient (Wildman–Crippen LogP) is 8.61. The van der Waals surface area contributed by atoms with Crippen molar-refractivity contribution in [2.75, 3.05) is 5.75 Å². The first-order chi connectivity index (χ1) is 19.2. The minimum atomic E-state index is -4.09. The second-order valence-corrected chi connectivity index (χ2v) is 15.0. The fourth-order valence-electron chi connectivity index (χ4n) is 4.83. The summed E-state index contributed by atoms with van der Waals surface area (Å²) in [7, 11) is -4.09. The van der Waals surface area contributed by atoms with E-state index in [2.05, 4.69) is 6.92 Å². The summed E-state index contributed by atoms with van der Waals surface area (Å²) in [5.74, 6) is -0.558. The van der Waals surface area contributed by atoms with Gasteiger partial charge in [-0.25, -0.2) is 13.4 Å². The van der Waals surface area contributed by atoms with Crippen LogP contribution in [-0.4, -0.2) is 40.6 Å². The molecule has 9 heteroatoms. The summed E-state index contributed by atoms with van der Waals surface area (Å²) in [4.78, 5) is 17.0. The van der Waals surface area contributed by atoms with E-state index >= 15 is 0 Å². The number of rotatable bonds is 19. The number of hydrogen-bond acceptors (Lipinski definition) is 6. The van der Waals surface area contributed by atoms with E-state index < -0.39 is 28.0 Å². The molecule has 0 aliphatic rings. The molecule has 220 valence electrons. The number of fused-ring (bicyclic) bond motifs is 1. The van der Waals surface area contributed by atoms with Gasteiger partial charge in [-0.2, -0.15) is 4.31 Å². The topological polar surface area (TPSA) is 87.6 Å². The summed E-state index contributed by atoms with van der Waals surface area (Å²) in [5, 5.41) is 9.96. The number of aromatic nitrogens is 1. The first kappa shape index (κ1) is 32.6. The van der Waals surface area contributed by atoms with E-state index in [1.807, 2.05) is 30.3 Å². The van der Waals surface area contributed by atoms with Crippen LogP contribution in [0.15, 0.2) is 57.8 Å². The van der Waals surface area contributed by atoms with Gasteiger partial charge in [0.05, 0.1) is 15.1 Å². The van der Waals surface area contributed by atoms with Crippen molar-refractivity contribution in [3.05, 3.63) is 54.1 Å². The predicted molar refractivity (Wildman–Crippen MR) is 168 cm³/mol. The van der Waals surface area contributed by atoms with Crippen LogP contribution in [0.2, 0.25) is 0 Å². The van der Waals surface area contributed by atoms with E-state index in [0.29, 0.717) is 0 Å². The maximum absolute atomic E-state index is 13.9. The summed E-state index contributed by atoms with van der Waals surface area (Å²) in [6, 6.07) is 12.9. The maximum Gasteiger partial charge on any atom is 0.322 e. The molecule has 1 aromatic heterocycles. The molecule has 0 spiro atoms. The highest BCUT2D eigenvalue weighted by Crippen LogP contribution is 2.33. The molecule has 1 heterocycles. The molecule has 1 atom stereocenters. The molecular formula is C31H44N2O4S3. The fourth-order valence-corrected chi connectivity index (χ4v) is 8.81. The second kappa shape index (κ2) is 16.5. The van der Waals surface area contributed by atoms with Crippen molar-refractivity contribution in [1.29, 1.82) is 0 Å². The third-order valence-electron chi connectivity index (χ3n) is 7.05. The lowest BCUT2D eigenvalue weighted by atomic mass is 10.0. The minimum Gasteiger partial charge on any atom is -0.480 e. The number of thiazole rings is 1. The molecule has 0 saturated heterocycles. The van der Waals surface area contributed by atoms with Gasteiger partial charge in [0.25, 0.3) is 0 Å². The quantitative estimate of drug-likeness (QED) is 0.109. The van der Waals surface area contributed by atoms with E-state index in [4.69, 9.17) is 4.98 Å². The summed E-state index contributed by atoms with van der Waals surface area (Å²) < 4.78 is 30.6. The fraction of sp³-hybridized carbons (Fsp3) is 0.548. The van der Waals surface area contributed by atoms with Crippen LogP contribution in [0, 0.1) is 5.92 Å². The lowest BCUT2D eigenvalue weighted by molar-refractivity contribution is -0.143. The molecule has 0 unspecified atom stereocenters. The number of sulfonamides is 1. The standard InChI is InChI=1S/C31H44N2O4S3/c1-4-5-6-7-8-9-10-11-12-16-21-38-31-32-27-20-19-26(22-28(27)39-31)40(36,37)33(29(24(2)3)30(34)35)23-25-17-14-13-15-18-25/h13-15,17-20,22,24,29H,4-12,16,21,23H2,1-3H3,(H,34,35)/t29-/m1/s1. The normalized spacial score (nSPS) is 12.9. The minimum absolute atomic E-state index is 0.0149. The Morgan fingerprint density at radius 2 is 1.57 bits per heavy atom. The molecule has 0 radical (unpaired) electrons. The Bertz CT molecular complexity index is 1290. The number of aliphatic carboxylic acids is 1. The smallest absolute Gasteiger partial charge is 0.322 e. The third-order valence-corrected chi connectivity index (χ3v) is 11.1. The highest BCUT2D eigenvalue weighted by Gasteiger charge is 2.38. The monoisotopic (exact) mass is 604 g/mol. The number of carboxylic acid groups (broad SMARTS) is 1. The first-order valence-electron chi connectivity index (χ1n) is 14.6. The molecule has 40 heavy (non-hydrogen) atoms. The van der Waals surface area contributed by atoms with Gasteiger partial charge in [-0.15, -0.1) is 11.3 Å². The molecule has 6 nitrogen and oxygen atoms in total. The highest BCUT2D eigenvalue weighted by molar-refractivity contribution is 8.01. The number of carboxylic acids is 1. The average Bonchev–Trinajstić information content (AvgIpc) is 3.33. The van der Waals surface area contributed by atoms with Gasteiger partial charge in [-0.3, -0.25) is 4.79 Å². The van der Waals surface area contributed by atoms with Gasteiger partial charge in [-0.1, -0.05) is 121 Å². The van der Waals surface area contributed by atoms with Crippen LogP contribution in [0.3, 0.4) is 0 Å². The number of benzene rings is 2. The summed E-state index contributed by atoms with van der Waals surface area (Å²) in [6.07, 6.45) is 13.1. The van der Waals surface area contributed by atoms with Gasteiger partial charge in [0.15, 0.2) is 4.34 Å². The Morgan fingerprint density at radius 1 is 0.950 bits per heavy atom. The maximum atomic E-state index is 13.9. The molecule has 0 bridgehead atoms. The molecule has 0 saturated carbocycles. The second-order valence-electron chi connectivity index (χ2n) is 10.7. The van der Waals surface area contributed by atoms with E-state index in [1.165, 1.54) is 69.1 Å². The van der Waals surface area contributed by atoms with Crippen LogP contribution in [0.5, 0.6) is 0 Å². The third kappa shape index (κ3) is 9.57. The van der Waals surface area contributed by atoms with Gasteiger partial charge < -0.3 is 5.11 Å². The van der Waals surface area contributed by atoms with Crippen molar-refractivity contribution in [2.24, 2.45) is 5.92 Å². The molecule has 3 rings (SSSR count). The number of thioether (sulfide) groups is 1. The van der Waals surface area contributed by atoms with Crippen molar-refractivity contribution in [3.8, 4) is 0 Å².